The first-order chi connectivity index (χ1) is 8.04. The minimum absolute atomic E-state index is 0.296. The lowest BCUT2D eigenvalue weighted by molar-refractivity contribution is -0.133. The Morgan fingerprint density at radius 3 is 2.35 bits per heavy atom. The molecule has 0 spiro atoms. The summed E-state index contributed by atoms with van der Waals surface area (Å²) in [4.78, 5) is 14.1. The van der Waals surface area contributed by atoms with Crippen LogP contribution in [0.25, 0.3) is 0 Å². The minimum Gasteiger partial charge on any atom is -0.384 e. The Labute approximate surface area is 107 Å². The van der Waals surface area contributed by atoms with Crippen LogP contribution in [0.2, 0.25) is 0 Å². The van der Waals surface area contributed by atoms with E-state index in [9.17, 15) is 4.79 Å². The molecule has 0 aromatic heterocycles. The molecule has 17 heavy (non-hydrogen) atoms. The van der Waals surface area contributed by atoms with Crippen molar-refractivity contribution in [2.24, 2.45) is 11.8 Å². The second-order valence-electron chi connectivity index (χ2n) is 5.12. The van der Waals surface area contributed by atoms with E-state index in [0.717, 1.165) is 32.5 Å². The summed E-state index contributed by atoms with van der Waals surface area (Å²) in [7, 11) is 1.71. The maximum Gasteiger partial charge on any atom is 0.222 e. The highest BCUT2D eigenvalue weighted by atomic mass is 16.5. The Hall–Kier alpha value is -0.570. The molecular formula is C14H29NO2. The summed E-state index contributed by atoms with van der Waals surface area (Å²) in [6.45, 7) is 10.9. The first-order valence-corrected chi connectivity index (χ1v) is 6.81. The molecule has 0 aromatic rings. The summed E-state index contributed by atoms with van der Waals surface area (Å²) in [6, 6.07) is 0. The van der Waals surface area contributed by atoms with Crippen molar-refractivity contribution in [1.29, 1.82) is 0 Å². The van der Waals surface area contributed by atoms with Crippen molar-refractivity contribution in [2.75, 3.05) is 26.8 Å². The maximum absolute atomic E-state index is 12.1. The van der Waals surface area contributed by atoms with Crippen molar-refractivity contribution in [3.8, 4) is 0 Å². The molecular weight excluding hydrogens is 214 g/mol. The molecule has 0 aliphatic carbocycles. The largest absolute Gasteiger partial charge is 0.384 e. The molecule has 0 aromatic carbocycles. The van der Waals surface area contributed by atoms with Gasteiger partial charge in [0.15, 0.2) is 0 Å². The van der Waals surface area contributed by atoms with Gasteiger partial charge in [-0.2, -0.15) is 0 Å². The van der Waals surface area contributed by atoms with Crippen LogP contribution in [0.15, 0.2) is 0 Å². The zero-order valence-corrected chi connectivity index (χ0v) is 12.2. The van der Waals surface area contributed by atoms with E-state index >= 15 is 0 Å². The first kappa shape index (κ1) is 16.4. The number of nitrogens with zero attached hydrogens (tertiary/aromatic N) is 1. The maximum atomic E-state index is 12.1. The van der Waals surface area contributed by atoms with Crippen LogP contribution in [0.5, 0.6) is 0 Å². The van der Waals surface area contributed by atoms with Gasteiger partial charge in [0.25, 0.3) is 0 Å². The highest BCUT2D eigenvalue weighted by Crippen LogP contribution is 2.11. The van der Waals surface area contributed by atoms with Crippen molar-refractivity contribution in [2.45, 2.75) is 47.0 Å². The van der Waals surface area contributed by atoms with Gasteiger partial charge in [-0.1, -0.05) is 34.1 Å². The standard InChI is InChI=1S/C14H29NO2/c1-6-8-15(10-13(4)11-17-5)14(16)9-12(3)7-2/h12-13H,6-11H2,1-5H3. The van der Waals surface area contributed by atoms with E-state index in [1.54, 1.807) is 7.11 Å². The molecule has 0 heterocycles. The molecule has 0 radical (unpaired) electrons. The average Bonchev–Trinajstić information content (AvgIpc) is 2.28. The Kier molecular flexibility index (Phi) is 9.14. The lowest BCUT2D eigenvalue weighted by atomic mass is 10.0. The molecule has 0 saturated carbocycles. The SMILES string of the molecule is CCCN(CC(C)COC)C(=O)CC(C)CC. The molecule has 102 valence electrons. The normalized spacial score (nSPS) is 14.4. The monoisotopic (exact) mass is 243 g/mol. The number of amides is 1. The smallest absolute Gasteiger partial charge is 0.222 e. The van der Waals surface area contributed by atoms with Crippen molar-refractivity contribution < 1.29 is 9.53 Å². The van der Waals surface area contributed by atoms with E-state index < -0.39 is 0 Å². The van der Waals surface area contributed by atoms with Gasteiger partial charge in [-0.05, 0) is 18.3 Å². The van der Waals surface area contributed by atoms with E-state index in [-0.39, 0.29) is 0 Å². The number of carbonyl (C=O) groups excluding carboxylic acids is 1. The highest BCUT2D eigenvalue weighted by Gasteiger charge is 2.17. The number of hydrogen-bond donors (Lipinski definition) is 0. The quantitative estimate of drug-likeness (QED) is 0.623. The van der Waals surface area contributed by atoms with Crippen LogP contribution in [-0.2, 0) is 9.53 Å². The Morgan fingerprint density at radius 1 is 1.24 bits per heavy atom. The fourth-order valence-corrected chi connectivity index (χ4v) is 1.87. The van der Waals surface area contributed by atoms with Crippen LogP contribution in [0.3, 0.4) is 0 Å². The third kappa shape index (κ3) is 7.37. The molecule has 0 N–H and O–H groups in total. The van der Waals surface area contributed by atoms with Gasteiger partial charge in [-0.15, -0.1) is 0 Å². The van der Waals surface area contributed by atoms with Gasteiger partial charge in [0.2, 0.25) is 5.91 Å². The lowest BCUT2D eigenvalue weighted by Gasteiger charge is -2.26. The summed E-state index contributed by atoms with van der Waals surface area (Å²) in [6.07, 6.45) is 2.77. The molecule has 0 fully saturated rings. The third-order valence-electron chi connectivity index (χ3n) is 3.05. The van der Waals surface area contributed by atoms with Gasteiger partial charge < -0.3 is 9.64 Å². The zero-order chi connectivity index (χ0) is 13.3. The van der Waals surface area contributed by atoms with Crippen molar-refractivity contribution >= 4 is 5.91 Å². The Morgan fingerprint density at radius 2 is 1.88 bits per heavy atom. The predicted molar refractivity (Wildman–Crippen MR) is 72.0 cm³/mol. The van der Waals surface area contributed by atoms with Crippen LogP contribution in [-0.4, -0.2) is 37.6 Å². The molecule has 0 saturated heterocycles. The van der Waals surface area contributed by atoms with Crippen LogP contribution in [0.4, 0.5) is 0 Å². The number of ether oxygens (including phenoxy) is 1. The summed E-state index contributed by atoms with van der Waals surface area (Å²) >= 11 is 0. The van der Waals surface area contributed by atoms with Crippen LogP contribution >= 0.6 is 0 Å². The topological polar surface area (TPSA) is 29.5 Å². The van der Waals surface area contributed by atoms with Crippen LogP contribution in [0, 0.1) is 11.8 Å². The molecule has 2 unspecified atom stereocenters. The molecule has 0 aliphatic rings. The van der Waals surface area contributed by atoms with E-state index in [0.29, 0.717) is 24.2 Å². The number of hydrogen-bond acceptors (Lipinski definition) is 2. The van der Waals surface area contributed by atoms with Gasteiger partial charge in [-0.25, -0.2) is 0 Å². The van der Waals surface area contributed by atoms with Crippen LogP contribution < -0.4 is 0 Å². The van der Waals surface area contributed by atoms with Crippen molar-refractivity contribution in [3.05, 3.63) is 0 Å². The second kappa shape index (κ2) is 9.46. The van der Waals surface area contributed by atoms with Gasteiger partial charge in [0.1, 0.15) is 0 Å². The predicted octanol–water partition coefficient (Wildman–Crippen LogP) is 2.94. The lowest BCUT2D eigenvalue weighted by Crippen LogP contribution is -2.37. The molecule has 0 aliphatic heterocycles. The van der Waals surface area contributed by atoms with Crippen LogP contribution in [0.1, 0.15) is 47.0 Å². The number of methoxy groups -OCH3 is 1. The van der Waals surface area contributed by atoms with E-state index in [1.807, 2.05) is 4.90 Å². The fraction of sp³-hybridized carbons (Fsp3) is 0.929. The van der Waals surface area contributed by atoms with E-state index in [4.69, 9.17) is 4.74 Å². The van der Waals surface area contributed by atoms with Gasteiger partial charge in [-0.3, -0.25) is 4.79 Å². The van der Waals surface area contributed by atoms with Gasteiger partial charge >= 0.3 is 0 Å². The summed E-state index contributed by atoms with van der Waals surface area (Å²) in [5.41, 5.74) is 0. The summed E-state index contributed by atoms with van der Waals surface area (Å²) in [5, 5.41) is 0. The third-order valence-corrected chi connectivity index (χ3v) is 3.05. The van der Waals surface area contributed by atoms with E-state index in [2.05, 4.69) is 27.7 Å². The fourth-order valence-electron chi connectivity index (χ4n) is 1.87. The van der Waals surface area contributed by atoms with Crippen molar-refractivity contribution in [1.82, 2.24) is 4.90 Å². The number of carbonyl (C=O) groups is 1. The minimum atomic E-state index is 0.296. The summed E-state index contributed by atoms with van der Waals surface area (Å²) < 4.78 is 5.13. The molecule has 0 rings (SSSR count). The second-order valence-corrected chi connectivity index (χ2v) is 5.12. The summed E-state index contributed by atoms with van der Waals surface area (Å²) in [5.74, 6) is 1.19. The molecule has 0 bridgehead atoms. The van der Waals surface area contributed by atoms with E-state index in [1.165, 1.54) is 0 Å². The molecule has 2 atom stereocenters. The zero-order valence-electron chi connectivity index (χ0n) is 12.2. The average molecular weight is 243 g/mol. The Balaban J connectivity index is 4.24. The number of rotatable bonds is 9. The Bertz CT molecular complexity index is 206. The molecule has 1 amide bonds. The first-order valence-electron chi connectivity index (χ1n) is 6.81. The van der Waals surface area contributed by atoms with Gasteiger partial charge in [0, 0.05) is 26.6 Å². The van der Waals surface area contributed by atoms with Crippen molar-refractivity contribution in [3.63, 3.8) is 0 Å². The molecule has 3 heteroatoms. The highest BCUT2D eigenvalue weighted by molar-refractivity contribution is 5.76. The van der Waals surface area contributed by atoms with Gasteiger partial charge in [0.05, 0.1) is 6.61 Å². The molecule has 3 nitrogen and oxygen atoms in total.